The maximum atomic E-state index is 13.2. The number of carbonyl (C=O) groups excluding carboxylic acids is 2. The van der Waals surface area contributed by atoms with Gasteiger partial charge in [-0.3, -0.25) is 9.78 Å². The molecule has 0 aliphatic carbocycles. The normalized spacial score (nSPS) is 11.5. The number of benzene rings is 3. The van der Waals surface area contributed by atoms with Crippen LogP contribution in [0.3, 0.4) is 0 Å². The first-order valence-electron chi connectivity index (χ1n) is 11.5. The topological polar surface area (TPSA) is 80.8 Å². The summed E-state index contributed by atoms with van der Waals surface area (Å²) in [5.41, 5.74) is 1.19. The van der Waals surface area contributed by atoms with Gasteiger partial charge in [-0.15, -0.1) is 0 Å². The SMILES string of the molecule is O=C(NC(CBr)OC(=O)N(CCOc1cccc2ccccc12)Cc1ccccc1)c1ccccn1. The molecule has 7 nitrogen and oxygen atoms in total. The minimum absolute atomic E-state index is 0.225. The number of hydrogen-bond acceptors (Lipinski definition) is 5. The summed E-state index contributed by atoms with van der Waals surface area (Å²) in [6.45, 7) is 0.900. The van der Waals surface area contributed by atoms with Crippen molar-refractivity contribution in [3.8, 4) is 5.75 Å². The number of hydrogen-bond donors (Lipinski definition) is 1. The lowest BCUT2D eigenvalue weighted by Gasteiger charge is -2.25. The molecule has 0 fully saturated rings. The Morgan fingerprint density at radius 1 is 0.917 bits per heavy atom. The van der Waals surface area contributed by atoms with E-state index in [0.717, 1.165) is 22.1 Å². The summed E-state index contributed by atoms with van der Waals surface area (Å²) < 4.78 is 11.7. The van der Waals surface area contributed by atoms with Gasteiger partial charge in [0.25, 0.3) is 5.91 Å². The maximum absolute atomic E-state index is 13.2. The third kappa shape index (κ3) is 6.82. The zero-order valence-corrected chi connectivity index (χ0v) is 21.1. The van der Waals surface area contributed by atoms with Crippen LogP contribution in [0.15, 0.2) is 97.2 Å². The molecule has 8 heteroatoms. The number of fused-ring (bicyclic) bond motifs is 1. The predicted octanol–water partition coefficient (Wildman–Crippen LogP) is 5.40. The fourth-order valence-electron chi connectivity index (χ4n) is 3.64. The van der Waals surface area contributed by atoms with E-state index >= 15 is 0 Å². The predicted molar refractivity (Wildman–Crippen MR) is 142 cm³/mol. The number of amides is 2. The van der Waals surface area contributed by atoms with Crippen molar-refractivity contribution < 1.29 is 19.1 Å². The second-order valence-corrected chi connectivity index (χ2v) is 8.60. The second kappa shape index (κ2) is 12.7. The van der Waals surface area contributed by atoms with E-state index in [2.05, 4.69) is 26.2 Å². The Labute approximate surface area is 218 Å². The van der Waals surface area contributed by atoms with Gasteiger partial charge in [0.1, 0.15) is 18.1 Å². The Morgan fingerprint density at radius 2 is 1.67 bits per heavy atom. The summed E-state index contributed by atoms with van der Waals surface area (Å²) in [6.07, 6.45) is 0.0946. The lowest BCUT2D eigenvalue weighted by atomic mass is 10.1. The molecule has 0 bridgehead atoms. The van der Waals surface area contributed by atoms with E-state index in [1.165, 1.54) is 6.20 Å². The van der Waals surface area contributed by atoms with Crippen LogP contribution in [-0.2, 0) is 11.3 Å². The van der Waals surface area contributed by atoms with E-state index in [0.29, 0.717) is 13.1 Å². The lowest BCUT2D eigenvalue weighted by molar-refractivity contribution is 0.0481. The molecule has 4 aromatic rings. The first-order chi connectivity index (χ1) is 17.6. The molecule has 1 unspecified atom stereocenters. The summed E-state index contributed by atoms with van der Waals surface area (Å²) in [5, 5.41) is 5.00. The van der Waals surface area contributed by atoms with Crippen LogP contribution >= 0.6 is 15.9 Å². The Hall–Kier alpha value is -3.91. The van der Waals surface area contributed by atoms with Gasteiger partial charge in [0.2, 0.25) is 0 Å². The molecule has 0 aliphatic rings. The molecule has 4 rings (SSSR count). The van der Waals surface area contributed by atoms with Gasteiger partial charge in [-0.25, -0.2) is 4.79 Å². The van der Waals surface area contributed by atoms with Crippen LogP contribution in [0, 0.1) is 0 Å². The fourth-order valence-corrected chi connectivity index (χ4v) is 3.93. The molecule has 1 N–H and O–H groups in total. The molecule has 0 spiro atoms. The molecule has 0 aliphatic heterocycles. The number of pyridine rings is 1. The number of ether oxygens (including phenoxy) is 2. The molecule has 1 aromatic heterocycles. The van der Waals surface area contributed by atoms with Crippen molar-refractivity contribution in [3.05, 3.63) is 108 Å². The highest BCUT2D eigenvalue weighted by atomic mass is 79.9. The summed E-state index contributed by atoms with van der Waals surface area (Å²) in [4.78, 5) is 31.2. The van der Waals surface area contributed by atoms with Gasteiger partial charge in [0, 0.05) is 18.1 Å². The van der Waals surface area contributed by atoms with Gasteiger partial charge in [-0.2, -0.15) is 0 Å². The summed E-state index contributed by atoms with van der Waals surface area (Å²) in [7, 11) is 0. The van der Waals surface area contributed by atoms with Crippen molar-refractivity contribution in [1.29, 1.82) is 0 Å². The maximum Gasteiger partial charge on any atom is 0.412 e. The Bertz CT molecular complexity index is 1280. The van der Waals surface area contributed by atoms with Crippen LogP contribution in [0.4, 0.5) is 4.79 Å². The van der Waals surface area contributed by atoms with Gasteiger partial charge in [0.05, 0.1) is 11.9 Å². The Kier molecular flexibility index (Phi) is 8.88. The van der Waals surface area contributed by atoms with E-state index in [1.807, 2.05) is 72.8 Å². The molecular formula is C28H26BrN3O4. The Morgan fingerprint density at radius 3 is 2.44 bits per heavy atom. The average Bonchev–Trinajstić information content (AvgIpc) is 2.93. The van der Waals surface area contributed by atoms with Crippen molar-refractivity contribution in [2.75, 3.05) is 18.5 Å². The minimum atomic E-state index is -0.871. The molecule has 0 radical (unpaired) electrons. The Balaban J connectivity index is 1.42. The molecule has 1 atom stereocenters. The zero-order chi connectivity index (χ0) is 25.2. The minimum Gasteiger partial charge on any atom is -0.491 e. The van der Waals surface area contributed by atoms with Crippen molar-refractivity contribution in [1.82, 2.24) is 15.2 Å². The van der Waals surface area contributed by atoms with E-state index in [4.69, 9.17) is 9.47 Å². The van der Waals surface area contributed by atoms with Crippen LogP contribution < -0.4 is 10.1 Å². The number of carbonyl (C=O) groups is 2. The molecule has 1 heterocycles. The quantitative estimate of drug-likeness (QED) is 0.212. The number of nitrogens with one attached hydrogen (secondary N) is 1. The third-order valence-corrected chi connectivity index (χ3v) is 6.00. The lowest BCUT2D eigenvalue weighted by Crippen LogP contribution is -2.44. The zero-order valence-electron chi connectivity index (χ0n) is 19.5. The van der Waals surface area contributed by atoms with Gasteiger partial charge in [-0.1, -0.05) is 88.7 Å². The van der Waals surface area contributed by atoms with Gasteiger partial charge < -0.3 is 19.7 Å². The van der Waals surface area contributed by atoms with E-state index in [-0.39, 0.29) is 17.6 Å². The van der Waals surface area contributed by atoms with Crippen molar-refractivity contribution >= 4 is 38.7 Å². The van der Waals surface area contributed by atoms with Crippen LogP contribution in [0.25, 0.3) is 10.8 Å². The largest absolute Gasteiger partial charge is 0.491 e. The fraction of sp³-hybridized carbons (Fsp3) is 0.179. The molecule has 3 aromatic carbocycles. The molecular weight excluding hydrogens is 522 g/mol. The molecule has 184 valence electrons. The third-order valence-electron chi connectivity index (χ3n) is 5.42. The van der Waals surface area contributed by atoms with Gasteiger partial charge in [0.15, 0.2) is 6.23 Å². The highest BCUT2D eigenvalue weighted by Gasteiger charge is 2.22. The molecule has 36 heavy (non-hydrogen) atoms. The van der Waals surface area contributed by atoms with Crippen molar-refractivity contribution in [2.24, 2.45) is 0 Å². The summed E-state index contributed by atoms with van der Waals surface area (Å²) in [5.74, 6) is 0.323. The van der Waals surface area contributed by atoms with Gasteiger partial charge in [-0.05, 0) is 29.1 Å². The number of halogens is 1. The molecule has 0 saturated heterocycles. The van der Waals surface area contributed by atoms with E-state index in [1.54, 1.807) is 23.1 Å². The standard InChI is InChI=1S/C28H26BrN3O4/c29-19-26(31-27(33)24-14-6-7-16-30-24)36-28(34)32(20-21-9-2-1-3-10-21)17-18-35-25-15-8-12-22-11-4-5-13-23(22)25/h1-16,26H,17-20H2,(H,31,33). The van der Waals surface area contributed by atoms with Crippen LogP contribution in [0.5, 0.6) is 5.75 Å². The van der Waals surface area contributed by atoms with Crippen LogP contribution in [-0.4, -0.2) is 46.6 Å². The number of rotatable bonds is 10. The first kappa shape index (κ1) is 25.2. The van der Waals surface area contributed by atoms with Crippen molar-refractivity contribution in [2.45, 2.75) is 12.8 Å². The summed E-state index contributed by atoms with van der Waals surface area (Å²) in [6, 6.07) is 28.5. The summed E-state index contributed by atoms with van der Waals surface area (Å²) >= 11 is 3.31. The van der Waals surface area contributed by atoms with E-state index < -0.39 is 18.2 Å². The highest BCUT2D eigenvalue weighted by molar-refractivity contribution is 9.09. The van der Waals surface area contributed by atoms with E-state index in [9.17, 15) is 9.59 Å². The van der Waals surface area contributed by atoms with Crippen LogP contribution in [0.2, 0.25) is 0 Å². The second-order valence-electron chi connectivity index (χ2n) is 7.95. The van der Waals surface area contributed by atoms with Crippen molar-refractivity contribution in [3.63, 3.8) is 0 Å². The smallest absolute Gasteiger partial charge is 0.412 e. The average molecular weight is 548 g/mol. The molecule has 2 amide bonds. The highest BCUT2D eigenvalue weighted by Crippen LogP contribution is 2.25. The van der Waals surface area contributed by atoms with Gasteiger partial charge >= 0.3 is 6.09 Å². The van der Waals surface area contributed by atoms with Crippen LogP contribution in [0.1, 0.15) is 16.1 Å². The number of aromatic nitrogens is 1. The molecule has 0 saturated carbocycles. The number of nitrogens with zero attached hydrogens (tertiary/aromatic N) is 2. The monoisotopic (exact) mass is 547 g/mol. The first-order valence-corrected chi connectivity index (χ1v) is 12.6. The number of alkyl halides is 1.